The van der Waals surface area contributed by atoms with Gasteiger partial charge in [-0.3, -0.25) is 4.79 Å². The molecule has 3 nitrogen and oxygen atoms in total. The van der Waals surface area contributed by atoms with Crippen LogP contribution in [-0.4, -0.2) is 37.0 Å². The lowest BCUT2D eigenvalue weighted by atomic mass is 9.93. The summed E-state index contributed by atoms with van der Waals surface area (Å²) in [6, 6.07) is 8.95. The first-order valence-corrected chi connectivity index (χ1v) is 8.27. The number of hydrogen-bond donors (Lipinski definition) is 1. The second-order valence-corrected chi connectivity index (χ2v) is 6.57. The van der Waals surface area contributed by atoms with Crippen molar-refractivity contribution >= 4 is 5.91 Å². The van der Waals surface area contributed by atoms with Gasteiger partial charge in [-0.2, -0.15) is 0 Å². The number of piperidine rings is 1. The van der Waals surface area contributed by atoms with Crippen LogP contribution in [0.2, 0.25) is 0 Å². The maximum atomic E-state index is 12.4. The summed E-state index contributed by atoms with van der Waals surface area (Å²) in [5, 5.41) is 3.38. The first kappa shape index (κ1) is 14.6. The van der Waals surface area contributed by atoms with Gasteiger partial charge in [-0.05, 0) is 62.2 Å². The van der Waals surface area contributed by atoms with Crippen LogP contribution >= 0.6 is 0 Å². The molecule has 21 heavy (non-hydrogen) atoms. The van der Waals surface area contributed by atoms with Crippen molar-refractivity contribution < 1.29 is 4.79 Å². The zero-order valence-electron chi connectivity index (χ0n) is 13.0. The van der Waals surface area contributed by atoms with E-state index in [1.807, 2.05) is 11.9 Å². The van der Waals surface area contributed by atoms with Crippen molar-refractivity contribution in [2.45, 2.75) is 44.6 Å². The third kappa shape index (κ3) is 3.46. The second kappa shape index (κ2) is 6.61. The van der Waals surface area contributed by atoms with Crippen LogP contribution in [0.1, 0.15) is 36.8 Å². The van der Waals surface area contributed by atoms with Crippen molar-refractivity contribution in [3.8, 4) is 0 Å². The summed E-state index contributed by atoms with van der Waals surface area (Å²) in [7, 11) is 1.99. The summed E-state index contributed by atoms with van der Waals surface area (Å²) < 4.78 is 0. The van der Waals surface area contributed by atoms with Gasteiger partial charge in [0, 0.05) is 19.5 Å². The molecule has 1 heterocycles. The normalized spacial score (nSPS) is 19.5. The predicted molar refractivity (Wildman–Crippen MR) is 85.2 cm³/mol. The maximum absolute atomic E-state index is 12.4. The number of benzene rings is 1. The fourth-order valence-corrected chi connectivity index (χ4v) is 3.69. The molecular weight excluding hydrogens is 260 g/mol. The molecule has 0 spiro atoms. The Morgan fingerprint density at radius 3 is 2.43 bits per heavy atom. The molecule has 1 fully saturated rings. The van der Waals surface area contributed by atoms with Crippen LogP contribution in [-0.2, 0) is 17.6 Å². The molecule has 0 atom stereocenters. The molecule has 0 bridgehead atoms. The van der Waals surface area contributed by atoms with Gasteiger partial charge in [0.2, 0.25) is 5.91 Å². The lowest BCUT2D eigenvalue weighted by Crippen LogP contribution is -2.38. The zero-order chi connectivity index (χ0) is 14.7. The van der Waals surface area contributed by atoms with E-state index in [2.05, 4.69) is 29.6 Å². The monoisotopic (exact) mass is 286 g/mol. The highest BCUT2D eigenvalue weighted by Crippen LogP contribution is 2.26. The van der Waals surface area contributed by atoms with Gasteiger partial charge in [0.1, 0.15) is 0 Å². The van der Waals surface area contributed by atoms with Gasteiger partial charge in [0.15, 0.2) is 0 Å². The number of carbonyl (C=O) groups is 1. The summed E-state index contributed by atoms with van der Waals surface area (Å²) in [5.41, 5.74) is 2.83. The molecule has 0 unspecified atom stereocenters. The van der Waals surface area contributed by atoms with E-state index in [0.29, 0.717) is 18.4 Å². The van der Waals surface area contributed by atoms with Crippen molar-refractivity contribution in [2.24, 2.45) is 5.92 Å². The number of carbonyl (C=O) groups excluding carboxylic acids is 1. The molecule has 1 N–H and O–H groups in total. The number of hydrogen-bond acceptors (Lipinski definition) is 2. The molecule has 1 amide bonds. The summed E-state index contributed by atoms with van der Waals surface area (Å²) in [5.74, 6) is 1.07. The number of nitrogens with one attached hydrogen (secondary N) is 1. The van der Waals surface area contributed by atoms with Crippen molar-refractivity contribution in [3.05, 3.63) is 35.4 Å². The van der Waals surface area contributed by atoms with E-state index in [4.69, 9.17) is 0 Å². The molecule has 2 aliphatic rings. The fraction of sp³-hybridized carbons (Fsp3) is 0.611. The second-order valence-electron chi connectivity index (χ2n) is 6.57. The Kier molecular flexibility index (Phi) is 4.59. The molecule has 1 aromatic carbocycles. The van der Waals surface area contributed by atoms with E-state index >= 15 is 0 Å². The Morgan fingerprint density at radius 1 is 1.19 bits per heavy atom. The minimum Gasteiger partial charge on any atom is -0.342 e. The van der Waals surface area contributed by atoms with E-state index < -0.39 is 0 Å². The van der Waals surface area contributed by atoms with Crippen LogP contribution in [0.15, 0.2) is 24.3 Å². The topological polar surface area (TPSA) is 32.3 Å². The molecule has 0 radical (unpaired) electrons. The van der Waals surface area contributed by atoms with Crippen molar-refractivity contribution in [1.29, 1.82) is 0 Å². The van der Waals surface area contributed by atoms with Crippen molar-refractivity contribution in [1.82, 2.24) is 10.2 Å². The Morgan fingerprint density at radius 2 is 1.81 bits per heavy atom. The van der Waals surface area contributed by atoms with Crippen LogP contribution in [0.5, 0.6) is 0 Å². The number of likely N-dealkylation sites (N-methyl/N-ethyl adjacent to an activating group) is 1. The first-order chi connectivity index (χ1) is 10.2. The molecule has 3 rings (SSSR count). The van der Waals surface area contributed by atoms with Gasteiger partial charge >= 0.3 is 0 Å². The number of rotatable bonds is 4. The maximum Gasteiger partial charge on any atom is 0.222 e. The fourth-order valence-electron chi connectivity index (χ4n) is 3.69. The number of nitrogens with zero attached hydrogens (tertiary/aromatic N) is 1. The average molecular weight is 286 g/mol. The summed E-state index contributed by atoms with van der Waals surface area (Å²) >= 11 is 0. The third-order valence-corrected chi connectivity index (χ3v) is 5.20. The van der Waals surface area contributed by atoms with Crippen LogP contribution in [0, 0.1) is 5.92 Å². The van der Waals surface area contributed by atoms with E-state index in [1.165, 1.54) is 24.0 Å². The van der Waals surface area contributed by atoms with Gasteiger partial charge in [0.25, 0.3) is 0 Å². The minimum atomic E-state index is 0.325. The van der Waals surface area contributed by atoms with Crippen LogP contribution in [0.25, 0.3) is 0 Å². The molecular formula is C18H26N2O. The van der Waals surface area contributed by atoms with Crippen LogP contribution in [0.3, 0.4) is 0 Å². The molecule has 1 aromatic rings. The smallest absolute Gasteiger partial charge is 0.222 e. The van der Waals surface area contributed by atoms with Crippen molar-refractivity contribution in [2.75, 3.05) is 20.1 Å². The average Bonchev–Trinajstić information content (AvgIpc) is 2.97. The molecule has 0 saturated carbocycles. The number of fused-ring (bicyclic) bond motifs is 1. The highest BCUT2D eigenvalue weighted by molar-refractivity contribution is 5.76. The van der Waals surface area contributed by atoms with E-state index in [1.54, 1.807) is 0 Å². The van der Waals surface area contributed by atoms with Crippen LogP contribution in [0.4, 0.5) is 0 Å². The van der Waals surface area contributed by atoms with E-state index in [0.717, 1.165) is 38.3 Å². The highest BCUT2D eigenvalue weighted by Gasteiger charge is 2.27. The number of amides is 1. The van der Waals surface area contributed by atoms with Crippen LogP contribution < -0.4 is 5.32 Å². The molecule has 0 aromatic heterocycles. The van der Waals surface area contributed by atoms with Gasteiger partial charge in [-0.1, -0.05) is 24.3 Å². The largest absolute Gasteiger partial charge is 0.342 e. The highest BCUT2D eigenvalue weighted by atomic mass is 16.2. The molecule has 1 aliphatic heterocycles. The standard InChI is InChI=1S/C18H26N2O/c1-20(17-12-15-4-2-3-5-16(15)13-17)18(21)7-6-14-8-10-19-11-9-14/h2-5,14,17,19H,6-13H2,1H3. The Balaban J connectivity index is 1.49. The SMILES string of the molecule is CN(C(=O)CCC1CCNCC1)C1Cc2ccccc2C1. The molecule has 1 aliphatic carbocycles. The first-order valence-electron chi connectivity index (χ1n) is 8.27. The Hall–Kier alpha value is -1.35. The quantitative estimate of drug-likeness (QED) is 0.922. The lowest BCUT2D eigenvalue weighted by Gasteiger charge is -2.26. The van der Waals surface area contributed by atoms with Gasteiger partial charge < -0.3 is 10.2 Å². The molecule has 1 saturated heterocycles. The third-order valence-electron chi connectivity index (χ3n) is 5.20. The summed E-state index contributed by atoms with van der Waals surface area (Å²) in [6.07, 6.45) is 6.27. The van der Waals surface area contributed by atoms with E-state index in [9.17, 15) is 4.79 Å². The Labute approximate surface area is 127 Å². The van der Waals surface area contributed by atoms with Gasteiger partial charge in [-0.15, -0.1) is 0 Å². The van der Waals surface area contributed by atoms with Gasteiger partial charge in [0.05, 0.1) is 0 Å². The van der Waals surface area contributed by atoms with Crippen molar-refractivity contribution in [3.63, 3.8) is 0 Å². The predicted octanol–water partition coefficient (Wildman–Crippen LogP) is 2.39. The van der Waals surface area contributed by atoms with E-state index in [-0.39, 0.29) is 0 Å². The molecule has 3 heteroatoms. The Bertz CT molecular complexity index is 469. The summed E-state index contributed by atoms with van der Waals surface area (Å²) in [4.78, 5) is 14.4. The van der Waals surface area contributed by atoms with Gasteiger partial charge in [-0.25, -0.2) is 0 Å². The molecule has 114 valence electrons. The summed E-state index contributed by atoms with van der Waals surface area (Å²) in [6.45, 7) is 2.24. The minimum absolute atomic E-state index is 0.325. The zero-order valence-corrected chi connectivity index (χ0v) is 13.0. The lowest BCUT2D eigenvalue weighted by molar-refractivity contribution is -0.132.